The molecule has 1 aliphatic heterocycles. The van der Waals surface area contributed by atoms with Gasteiger partial charge in [0.1, 0.15) is 0 Å². The summed E-state index contributed by atoms with van der Waals surface area (Å²) in [6.45, 7) is 0. The van der Waals surface area contributed by atoms with Gasteiger partial charge in [-0.2, -0.15) is 0 Å². The summed E-state index contributed by atoms with van der Waals surface area (Å²) >= 11 is 0.378. The SMILES string of the molecule is C[Se]C1Cc2ccccc2C(=O)O1. The number of cyclic esters (lactones) is 1. The van der Waals surface area contributed by atoms with Crippen LogP contribution in [0.3, 0.4) is 0 Å². The molecule has 1 atom stereocenters. The van der Waals surface area contributed by atoms with Crippen LogP contribution < -0.4 is 0 Å². The summed E-state index contributed by atoms with van der Waals surface area (Å²) in [6, 6.07) is 7.68. The first-order chi connectivity index (χ1) is 6.31. The number of hydrogen-bond donors (Lipinski definition) is 0. The van der Waals surface area contributed by atoms with E-state index in [9.17, 15) is 4.79 Å². The summed E-state index contributed by atoms with van der Waals surface area (Å²) in [4.78, 5) is 11.4. The van der Waals surface area contributed by atoms with Crippen LogP contribution in [-0.2, 0) is 11.2 Å². The maximum atomic E-state index is 11.4. The standard InChI is InChI=1S/C10H10O2Se/c1-13-9-6-7-4-2-3-5-8(7)10(11)12-9/h2-5,9H,6H2,1H3. The fourth-order valence-corrected chi connectivity index (χ4v) is 2.54. The fourth-order valence-electron chi connectivity index (χ4n) is 1.43. The zero-order valence-corrected chi connectivity index (χ0v) is 9.03. The number of esters is 1. The monoisotopic (exact) mass is 242 g/mol. The van der Waals surface area contributed by atoms with Gasteiger partial charge in [-0.25, -0.2) is 0 Å². The van der Waals surface area contributed by atoms with Crippen molar-refractivity contribution in [2.24, 2.45) is 0 Å². The van der Waals surface area contributed by atoms with E-state index >= 15 is 0 Å². The molecule has 0 aromatic heterocycles. The molecule has 13 heavy (non-hydrogen) atoms. The van der Waals surface area contributed by atoms with E-state index in [1.807, 2.05) is 24.3 Å². The van der Waals surface area contributed by atoms with Gasteiger partial charge in [-0.1, -0.05) is 0 Å². The average molecular weight is 241 g/mol. The van der Waals surface area contributed by atoms with Gasteiger partial charge in [0.2, 0.25) is 0 Å². The van der Waals surface area contributed by atoms with Gasteiger partial charge in [-0.05, 0) is 0 Å². The van der Waals surface area contributed by atoms with E-state index in [2.05, 4.69) is 5.82 Å². The Balaban J connectivity index is 2.37. The normalized spacial score (nSPS) is 20.7. The maximum absolute atomic E-state index is 11.4. The molecule has 0 N–H and O–H groups in total. The Kier molecular flexibility index (Phi) is 2.38. The molecule has 0 spiro atoms. The Hall–Kier alpha value is -0.791. The first kappa shape index (κ1) is 8.79. The van der Waals surface area contributed by atoms with E-state index in [4.69, 9.17) is 4.74 Å². The number of ether oxygens (including phenoxy) is 1. The van der Waals surface area contributed by atoms with Crippen LogP contribution in [0.1, 0.15) is 15.9 Å². The van der Waals surface area contributed by atoms with Gasteiger partial charge in [0.05, 0.1) is 0 Å². The van der Waals surface area contributed by atoms with Crippen LogP contribution in [0.2, 0.25) is 5.82 Å². The van der Waals surface area contributed by atoms with Crippen LogP contribution in [0.15, 0.2) is 24.3 Å². The van der Waals surface area contributed by atoms with Gasteiger partial charge < -0.3 is 0 Å². The molecule has 0 saturated carbocycles. The third-order valence-electron chi connectivity index (χ3n) is 2.13. The van der Waals surface area contributed by atoms with Crippen molar-refractivity contribution in [1.29, 1.82) is 0 Å². The second kappa shape index (κ2) is 3.52. The molecule has 2 nitrogen and oxygen atoms in total. The summed E-state index contributed by atoms with van der Waals surface area (Å²) in [5.41, 5.74) is 1.87. The molecule has 0 saturated heterocycles. The predicted octanol–water partition coefficient (Wildman–Crippen LogP) is 1.48. The van der Waals surface area contributed by atoms with Crippen molar-refractivity contribution in [3.05, 3.63) is 35.4 Å². The summed E-state index contributed by atoms with van der Waals surface area (Å²) in [7, 11) is 0. The Labute approximate surface area is 83.4 Å². The van der Waals surface area contributed by atoms with Crippen molar-refractivity contribution in [1.82, 2.24) is 0 Å². The number of fused-ring (bicyclic) bond motifs is 1. The molecule has 0 aliphatic carbocycles. The van der Waals surface area contributed by atoms with Gasteiger partial charge in [0, 0.05) is 0 Å². The van der Waals surface area contributed by atoms with Crippen LogP contribution in [-0.4, -0.2) is 25.9 Å². The van der Waals surface area contributed by atoms with Gasteiger partial charge in [-0.15, -0.1) is 0 Å². The van der Waals surface area contributed by atoms with E-state index in [1.54, 1.807) is 0 Å². The molecule has 1 unspecified atom stereocenters. The van der Waals surface area contributed by atoms with Crippen molar-refractivity contribution in [2.45, 2.75) is 17.2 Å². The van der Waals surface area contributed by atoms with Crippen molar-refractivity contribution in [3.63, 3.8) is 0 Å². The van der Waals surface area contributed by atoms with Gasteiger partial charge in [-0.3, -0.25) is 0 Å². The van der Waals surface area contributed by atoms with Gasteiger partial charge in [0.15, 0.2) is 0 Å². The minimum absolute atomic E-state index is 0.134. The first-order valence-electron chi connectivity index (χ1n) is 4.13. The van der Waals surface area contributed by atoms with Gasteiger partial charge >= 0.3 is 83.1 Å². The number of benzene rings is 1. The molecule has 3 heteroatoms. The number of carbonyl (C=O) groups excluding carboxylic acids is 1. The molecule has 0 fully saturated rings. The van der Waals surface area contributed by atoms with E-state index in [1.165, 1.54) is 0 Å². The number of hydrogen-bond acceptors (Lipinski definition) is 2. The summed E-state index contributed by atoms with van der Waals surface area (Å²) in [5, 5.41) is 0.134. The third kappa shape index (κ3) is 1.62. The van der Waals surface area contributed by atoms with Crippen LogP contribution in [0.4, 0.5) is 0 Å². The van der Waals surface area contributed by atoms with Crippen molar-refractivity contribution in [2.75, 3.05) is 0 Å². The quantitative estimate of drug-likeness (QED) is 0.550. The average Bonchev–Trinajstić information content (AvgIpc) is 2.18. The molecule has 0 bridgehead atoms. The zero-order chi connectivity index (χ0) is 9.26. The molecule has 1 aliphatic rings. The summed E-state index contributed by atoms with van der Waals surface area (Å²) in [6.07, 6.45) is 0.887. The van der Waals surface area contributed by atoms with Crippen molar-refractivity contribution < 1.29 is 9.53 Å². The van der Waals surface area contributed by atoms with E-state index in [0.717, 1.165) is 17.5 Å². The molecule has 1 heterocycles. The Morgan fingerprint density at radius 3 is 3.00 bits per heavy atom. The first-order valence-corrected chi connectivity index (χ1v) is 6.83. The van der Waals surface area contributed by atoms with E-state index in [0.29, 0.717) is 15.0 Å². The summed E-state index contributed by atoms with van der Waals surface area (Å²) in [5.74, 6) is 1.94. The molecule has 0 amide bonds. The molecule has 2 rings (SSSR count). The zero-order valence-electron chi connectivity index (χ0n) is 7.32. The Morgan fingerprint density at radius 1 is 1.46 bits per heavy atom. The Morgan fingerprint density at radius 2 is 2.23 bits per heavy atom. The van der Waals surface area contributed by atoms with Crippen LogP contribution >= 0.6 is 0 Å². The predicted molar refractivity (Wildman–Crippen MR) is 51.0 cm³/mol. The second-order valence-corrected chi connectivity index (χ2v) is 5.02. The molecule has 0 radical (unpaired) electrons. The van der Waals surface area contributed by atoms with Crippen LogP contribution in [0.5, 0.6) is 0 Å². The topological polar surface area (TPSA) is 26.3 Å². The number of rotatable bonds is 1. The molecular weight excluding hydrogens is 231 g/mol. The number of carbonyl (C=O) groups is 1. The van der Waals surface area contributed by atoms with Crippen molar-refractivity contribution >= 4 is 20.9 Å². The third-order valence-corrected chi connectivity index (χ3v) is 3.78. The van der Waals surface area contributed by atoms with E-state index in [-0.39, 0.29) is 11.0 Å². The minimum atomic E-state index is -0.157. The molecule has 1 aromatic rings. The van der Waals surface area contributed by atoms with Crippen LogP contribution in [0, 0.1) is 0 Å². The molecular formula is C10H10O2Se. The summed E-state index contributed by atoms with van der Waals surface area (Å²) < 4.78 is 5.25. The van der Waals surface area contributed by atoms with Crippen LogP contribution in [0.25, 0.3) is 0 Å². The molecule has 1 aromatic carbocycles. The molecule has 68 valence electrons. The fraction of sp³-hybridized carbons (Fsp3) is 0.300. The van der Waals surface area contributed by atoms with E-state index < -0.39 is 0 Å². The van der Waals surface area contributed by atoms with Crippen molar-refractivity contribution in [3.8, 4) is 0 Å². The Bertz CT molecular complexity index is 335. The van der Waals surface area contributed by atoms with Gasteiger partial charge in [0.25, 0.3) is 0 Å². The second-order valence-electron chi connectivity index (χ2n) is 2.93.